The number of likely N-dealkylation sites (tertiary alicyclic amines) is 1. The van der Waals surface area contributed by atoms with Gasteiger partial charge in [0.15, 0.2) is 0 Å². The highest BCUT2D eigenvalue weighted by Crippen LogP contribution is 2.25. The molecule has 1 aliphatic heterocycles. The maximum atomic E-state index is 13.1. The number of urea groups is 1. The number of nitrogens with one attached hydrogen (secondary N) is 3. The van der Waals surface area contributed by atoms with Crippen molar-refractivity contribution in [2.45, 2.75) is 141 Å². The highest BCUT2D eigenvalue weighted by Gasteiger charge is 2.34. The number of ether oxygens (including phenoxy) is 1. The van der Waals surface area contributed by atoms with Crippen LogP contribution in [-0.4, -0.2) is 87.8 Å². The van der Waals surface area contributed by atoms with E-state index in [0.29, 0.717) is 26.1 Å². The van der Waals surface area contributed by atoms with E-state index < -0.39 is 6.09 Å². The normalized spacial score (nSPS) is 16.7. The lowest BCUT2D eigenvalue weighted by atomic mass is 9.91. The van der Waals surface area contributed by atoms with Crippen molar-refractivity contribution in [3.63, 3.8) is 0 Å². The Morgan fingerprint density at radius 2 is 1.28 bits per heavy atom. The molecule has 2 atom stereocenters. The molecule has 0 aliphatic carbocycles. The molecule has 9 heteroatoms. The minimum atomic E-state index is -0.419. The summed E-state index contributed by atoms with van der Waals surface area (Å²) in [4.78, 5) is 41.3. The summed E-state index contributed by atoms with van der Waals surface area (Å²) in [5.41, 5.74) is 0. The summed E-state index contributed by atoms with van der Waals surface area (Å²) >= 11 is 0. The number of carbonyl (C=O) groups excluding carboxylic acids is 3. The van der Waals surface area contributed by atoms with Crippen LogP contribution >= 0.6 is 0 Å². The predicted molar refractivity (Wildman–Crippen MR) is 177 cm³/mol. The van der Waals surface area contributed by atoms with Gasteiger partial charge >= 0.3 is 12.1 Å². The molecule has 0 aromatic rings. The quantitative estimate of drug-likeness (QED) is 0.0983. The molecule has 0 bridgehead atoms. The number of piperidine rings is 1. The fourth-order valence-corrected chi connectivity index (χ4v) is 5.89. The van der Waals surface area contributed by atoms with Gasteiger partial charge in [-0.2, -0.15) is 0 Å². The molecule has 1 aliphatic rings. The Kier molecular flexibility index (Phi) is 23.9. The number of nitrogens with zero attached hydrogens (tertiary/aromatic N) is 2. The van der Waals surface area contributed by atoms with Crippen LogP contribution in [0.2, 0.25) is 0 Å². The minimum Gasteiger partial charge on any atom is -0.449 e. The molecule has 0 aromatic carbocycles. The van der Waals surface area contributed by atoms with Gasteiger partial charge in [0.25, 0.3) is 0 Å². The van der Waals surface area contributed by atoms with Crippen LogP contribution in [0, 0.1) is 5.92 Å². The van der Waals surface area contributed by atoms with Gasteiger partial charge in [0.05, 0.1) is 12.5 Å². The first kappa shape index (κ1) is 39.0. The van der Waals surface area contributed by atoms with Gasteiger partial charge in [0.2, 0.25) is 5.91 Å². The first-order valence-electron chi connectivity index (χ1n) is 17.7. The average Bonchev–Trinajstić information content (AvgIpc) is 3.00. The zero-order chi connectivity index (χ0) is 31.5. The fourth-order valence-electron chi connectivity index (χ4n) is 5.89. The number of alkyl carbamates (subject to hydrolysis) is 1. The third-order valence-corrected chi connectivity index (χ3v) is 8.63. The lowest BCUT2D eigenvalue weighted by Gasteiger charge is -2.39. The summed E-state index contributed by atoms with van der Waals surface area (Å²) in [5, 5.41) is 8.59. The molecular formula is C34H67N5O4. The molecular weight excluding hydrogens is 542 g/mol. The van der Waals surface area contributed by atoms with Crippen molar-refractivity contribution in [1.82, 2.24) is 25.8 Å². The summed E-state index contributed by atoms with van der Waals surface area (Å²) in [6.45, 7) is 5.04. The van der Waals surface area contributed by atoms with Crippen molar-refractivity contribution < 1.29 is 19.1 Å². The van der Waals surface area contributed by atoms with Crippen LogP contribution in [0.15, 0.2) is 0 Å². The minimum absolute atomic E-state index is 0.0255. The van der Waals surface area contributed by atoms with Crippen molar-refractivity contribution in [1.29, 1.82) is 0 Å². The predicted octanol–water partition coefficient (Wildman–Crippen LogP) is 6.85. The Morgan fingerprint density at radius 1 is 0.744 bits per heavy atom. The van der Waals surface area contributed by atoms with E-state index >= 15 is 0 Å². The first-order valence-corrected chi connectivity index (χ1v) is 17.7. The molecule has 0 aromatic heterocycles. The van der Waals surface area contributed by atoms with E-state index in [4.69, 9.17) is 4.74 Å². The summed E-state index contributed by atoms with van der Waals surface area (Å²) in [6, 6.07) is -0.166. The number of amides is 4. The van der Waals surface area contributed by atoms with Crippen LogP contribution in [-0.2, 0) is 9.53 Å². The Bertz CT molecular complexity index is 721. The van der Waals surface area contributed by atoms with Gasteiger partial charge in [0.1, 0.15) is 0 Å². The van der Waals surface area contributed by atoms with E-state index in [2.05, 4.69) is 27.8 Å². The number of unbranched alkanes of at least 4 members (excludes halogenated alkanes) is 15. The van der Waals surface area contributed by atoms with E-state index in [-0.39, 0.29) is 30.5 Å². The van der Waals surface area contributed by atoms with E-state index in [1.54, 1.807) is 11.9 Å². The van der Waals surface area contributed by atoms with Gasteiger partial charge in [-0.25, -0.2) is 9.59 Å². The zero-order valence-corrected chi connectivity index (χ0v) is 28.4. The fraction of sp³-hybridized carbons (Fsp3) is 0.912. The molecule has 252 valence electrons. The monoisotopic (exact) mass is 610 g/mol. The number of rotatable bonds is 25. The lowest BCUT2D eigenvalue weighted by molar-refractivity contribution is -0.126. The first-order chi connectivity index (χ1) is 20.9. The Labute approximate surface area is 264 Å². The number of carbonyl (C=O) groups is 3. The van der Waals surface area contributed by atoms with E-state index in [9.17, 15) is 14.4 Å². The maximum Gasteiger partial charge on any atom is 0.407 e. The van der Waals surface area contributed by atoms with Crippen molar-refractivity contribution in [3.05, 3.63) is 0 Å². The summed E-state index contributed by atoms with van der Waals surface area (Å²) < 4.78 is 5.37. The Hall–Kier alpha value is -2.03. The second-order valence-electron chi connectivity index (χ2n) is 12.7. The largest absolute Gasteiger partial charge is 0.449 e. The lowest BCUT2D eigenvalue weighted by Crippen LogP contribution is -2.53. The van der Waals surface area contributed by atoms with Crippen LogP contribution in [0.1, 0.15) is 135 Å². The van der Waals surface area contributed by atoms with Gasteiger partial charge < -0.3 is 30.5 Å². The molecule has 1 saturated heterocycles. The van der Waals surface area contributed by atoms with Crippen LogP contribution in [0.25, 0.3) is 0 Å². The van der Waals surface area contributed by atoms with Gasteiger partial charge in [-0.15, -0.1) is 0 Å². The summed E-state index contributed by atoms with van der Waals surface area (Å²) in [6.07, 6.45) is 23.7. The maximum absolute atomic E-state index is 13.1. The standard InChI is InChI=1S/C34H67N5O4/c1-5-6-7-8-9-10-11-12-13-14-15-16-17-18-19-20-25-36-33(41)39-29-30(32(40)35-2)22-23-31(39)24-28-43-34(42)37-26-21-27-38(3)4/h30-31H,5-29H2,1-4H3,(H,35,40)(H,36,41)(H,37,42). The topological polar surface area (TPSA) is 103 Å². The third-order valence-electron chi connectivity index (χ3n) is 8.63. The Balaban J connectivity index is 2.19. The molecule has 3 N–H and O–H groups in total. The smallest absolute Gasteiger partial charge is 0.407 e. The second kappa shape index (κ2) is 26.4. The molecule has 0 saturated carbocycles. The van der Waals surface area contributed by atoms with E-state index in [1.807, 2.05) is 14.1 Å². The van der Waals surface area contributed by atoms with Crippen molar-refractivity contribution in [2.75, 3.05) is 53.9 Å². The molecule has 9 nitrogen and oxygen atoms in total. The molecule has 4 amide bonds. The number of hydrogen-bond acceptors (Lipinski definition) is 5. The molecule has 2 unspecified atom stereocenters. The average molecular weight is 610 g/mol. The third kappa shape index (κ3) is 20.5. The molecule has 43 heavy (non-hydrogen) atoms. The highest BCUT2D eigenvalue weighted by molar-refractivity contribution is 5.80. The van der Waals surface area contributed by atoms with Crippen LogP contribution < -0.4 is 16.0 Å². The van der Waals surface area contributed by atoms with E-state index in [0.717, 1.165) is 38.6 Å². The van der Waals surface area contributed by atoms with Crippen molar-refractivity contribution >= 4 is 18.0 Å². The van der Waals surface area contributed by atoms with Crippen molar-refractivity contribution in [2.24, 2.45) is 5.92 Å². The zero-order valence-electron chi connectivity index (χ0n) is 28.4. The van der Waals surface area contributed by atoms with Crippen LogP contribution in [0.5, 0.6) is 0 Å². The van der Waals surface area contributed by atoms with E-state index in [1.165, 1.54) is 89.9 Å². The molecule has 1 fully saturated rings. The molecule has 0 spiro atoms. The molecule has 0 radical (unpaired) electrons. The van der Waals surface area contributed by atoms with Crippen LogP contribution in [0.3, 0.4) is 0 Å². The van der Waals surface area contributed by atoms with Crippen molar-refractivity contribution in [3.8, 4) is 0 Å². The molecule has 1 heterocycles. The summed E-state index contributed by atoms with van der Waals surface area (Å²) in [5.74, 6) is -0.231. The summed E-state index contributed by atoms with van der Waals surface area (Å²) in [7, 11) is 5.64. The Morgan fingerprint density at radius 3 is 1.81 bits per heavy atom. The SMILES string of the molecule is CCCCCCCCCCCCCCCCCCNC(=O)N1CC(C(=O)NC)CCC1CCOC(=O)NCCCN(C)C. The van der Waals surface area contributed by atoms with Crippen LogP contribution in [0.4, 0.5) is 9.59 Å². The van der Waals surface area contributed by atoms with Gasteiger partial charge in [-0.3, -0.25) is 4.79 Å². The molecule has 1 rings (SSSR count). The van der Waals surface area contributed by atoms with Gasteiger partial charge in [-0.1, -0.05) is 103 Å². The highest BCUT2D eigenvalue weighted by atomic mass is 16.5. The second-order valence-corrected chi connectivity index (χ2v) is 12.7. The number of hydrogen-bond donors (Lipinski definition) is 3. The van der Waals surface area contributed by atoms with Gasteiger partial charge in [0, 0.05) is 39.1 Å². The van der Waals surface area contributed by atoms with Gasteiger partial charge in [-0.05, 0) is 46.3 Å².